The molecular weight excluding hydrogens is 708 g/mol. The van der Waals surface area contributed by atoms with Crippen LogP contribution in [0.1, 0.15) is 73.1 Å². The third-order valence-corrected chi connectivity index (χ3v) is 10.6. The van der Waals surface area contributed by atoms with Crippen LogP contribution in [-0.4, -0.2) is 71.3 Å². The molecule has 288 valence electrons. The van der Waals surface area contributed by atoms with E-state index in [9.17, 15) is 41.0 Å². The summed E-state index contributed by atoms with van der Waals surface area (Å²) in [5, 5.41) is 10.6. The number of carbonyl (C=O) groups excluding carboxylic acids is 2. The molecule has 50 heavy (non-hydrogen) atoms. The molecule has 4 fully saturated rings. The number of halogens is 12. The Morgan fingerprint density at radius 1 is 0.720 bits per heavy atom. The monoisotopic (exact) mass is 748 g/mol. The van der Waals surface area contributed by atoms with Gasteiger partial charge in [-0.1, -0.05) is 33.9 Å². The third kappa shape index (κ3) is 6.64. The van der Waals surface area contributed by atoms with Crippen LogP contribution >= 0.6 is 0 Å². The van der Waals surface area contributed by atoms with E-state index >= 15 is 26.3 Å². The predicted octanol–water partition coefficient (Wildman–Crippen LogP) is 8.58. The highest BCUT2D eigenvalue weighted by Gasteiger charge is 2.85. The molecule has 3 atom stereocenters. The third-order valence-electron chi connectivity index (χ3n) is 10.6. The smallest absolute Gasteiger partial charge is 0.430 e. The molecule has 0 spiro atoms. The van der Waals surface area contributed by atoms with Gasteiger partial charge in [0, 0.05) is 22.5 Å². The number of hydrogen-bond acceptors (Lipinski definition) is 6. The molecular formula is C32H40F12O6. The van der Waals surface area contributed by atoms with Gasteiger partial charge in [0.2, 0.25) is 0 Å². The largest absolute Gasteiger partial charge is 0.455 e. The molecule has 4 saturated carbocycles. The second-order valence-electron chi connectivity index (χ2n) is 14.6. The quantitative estimate of drug-likeness (QED) is 0.122. The van der Waals surface area contributed by atoms with Crippen LogP contribution in [0.5, 0.6) is 0 Å². The second kappa shape index (κ2) is 13.2. The van der Waals surface area contributed by atoms with Crippen molar-refractivity contribution in [3.05, 3.63) is 24.3 Å². The van der Waals surface area contributed by atoms with E-state index in [1.165, 1.54) is 0 Å². The van der Waals surface area contributed by atoms with E-state index in [4.69, 9.17) is 4.74 Å². The zero-order valence-corrected chi connectivity index (χ0v) is 27.9. The summed E-state index contributed by atoms with van der Waals surface area (Å²) in [6.07, 6.45) is -29.2. The topological polar surface area (TPSA) is 82.1 Å². The molecule has 0 aliphatic heterocycles. The highest BCUT2D eigenvalue weighted by molar-refractivity contribution is 5.87. The van der Waals surface area contributed by atoms with Crippen LogP contribution in [0.3, 0.4) is 0 Å². The molecule has 0 aromatic heterocycles. The van der Waals surface area contributed by atoms with Gasteiger partial charge in [0.25, 0.3) is 11.2 Å². The molecule has 6 nitrogen and oxygen atoms in total. The van der Waals surface area contributed by atoms with E-state index in [1.807, 2.05) is 0 Å². The first kappa shape index (κ1) is 41.9. The van der Waals surface area contributed by atoms with Crippen molar-refractivity contribution in [1.82, 2.24) is 0 Å². The van der Waals surface area contributed by atoms with Crippen molar-refractivity contribution in [3.8, 4) is 0 Å². The lowest BCUT2D eigenvalue weighted by Gasteiger charge is -2.61. The SMILES string of the molecule is C=C(C)C(=O)OC(C12CC3CC(CC(C3)C1)C2)C(OCC(C)C(OC(=O)C(=C)C)(C(C)C)C(O)(C(F)(F)F)C(F)(F)F)(C(F)(F)F)C(F)(F)F. The molecule has 4 rings (SSSR count). The molecule has 4 bridgehead atoms. The van der Waals surface area contributed by atoms with E-state index in [0.717, 1.165) is 13.8 Å². The first-order valence-electron chi connectivity index (χ1n) is 15.7. The lowest BCUT2D eigenvalue weighted by Crippen LogP contribution is -2.77. The Hall–Kier alpha value is -2.50. The molecule has 4 aliphatic carbocycles. The number of esters is 2. The van der Waals surface area contributed by atoms with E-state index in [1.54, 1.807) is 0 Å². The zero-order chi connectivity index (χ0) is 38.8. The Balaban J connectivity index is 2.34. The molecule has 4 aliphatic rings. The molecule has 0 aromatic rings. The van der Waals surface area contributed by atoms with E-state index < -0.39 is 94.6 Å². The Bertz CT molecular complexity index is 1270. The molecule has 0 aromatic carbocycles. The van der Waals surface area contributed by atoms with Crippen molar-refractivity contribution >= 4 is 11.9 Å². The van der Waals surface area contributed by atoms with Crippen molar-refractivity contribution in [2.75, 3.05) is 6.61 Å². The molecule has 0 heterocycles. The van der Waals surface area contributed by atoms with Gasteiger partial charge in [-0.2, -0.15) is 52.7 Å². The summed E-state index contributed by atoms with van der Waals surface area (Å²) in [6, 6.07) is 0. The van der Waals surface area contributed by atoms with Gasteiger partial charge in [0.05, 0.1) is 6.61 Å². The van der Waals surface area contributed by atoms with Gasteiger partial charge in [0.1, 0.15) is 0 Å². The Labute approximate surface area is 280 Å². The van der Waals surface area contributed by atoms with Crippen molar-refractivity contribution < 1.29 is 81.6 Å². The minimum atomic E-state index is -6.77. The first-order chi connectivity index (χ1) is 22.3. The summed E-state index contributed by atoms with van der Waals surface area (Å²) in [6.45, 7) is 7.23. The minimum Gasteiger partial charge on any atom is -0.455 e. The number of aliphatic hydroxyl groups is 1. The molecule has 18 heteroatoms. The summed E-state index contributed by atoms with van der Waals surface area (Å²) in [5.74, 6) is -9.92. The summed E-state index contributed by atoms with van der Waals surface area (Å²) < 4.78 is 193. The normalized spacial score (nSPS) is 27.1. The number of hydrogen-bond donors (Lipinski definition) is 1. The number of carbonyl (C=O) groups is 2. The van der Waals surface area contributed by atoms with Crippen LogP contribution < -0.4 is 0 Å². The van der Waals surface area contributed by atoms with Crippen LogP contribution in [-0.2, 0) is 23.8 Å². The van der Waals surface area contributed by atoms with E-state index in [0.29, 0.717) is 40.0 Å². The van der Waals surface area contributed by atoms with Gasteiger partial charge in [-0.05, 0) is 76.0 Å². The molecule has 0 radical (unpaired) electrons. The molecule has 0 amide bonds. The Kier molecular flexibility index (Phi) is 11.0. The van der Waals surface area contributed by atoms with Gasteiger partial charge in [-0.3, -0.25) is 0 Å². The fraction of sp³-hybridized carbons (Fsp3) is 0.812. The lowest BCUT2D eigenvalue weighted by molar-refractivity contribution is -0.437. The fourth-order valence-electron chi connectivity index (χ4n) is 8.90. The number of rotatable bonds is 12. The maximum atomic E-state index is 15.3. The standard InChI is InChI=1S/C32H40F12O6/c1-15(2)22(45)49-24(25-11-19-8-20(12-25)10-21(9-19)13-25)27(29(33,34)35,30(36,37)38)48-14-18(7)26(17(5)6,50-23(46)16(3)4)28(47,31(39,40)41)32(42,43)44/h17-21,24,47H,1,3,8-14H2,2,4-7H3. The number of ether oxygens (including phenoxy) is 3. The Morgan fingerprint density at radius 2 is 1.10 bits per heavy atom. The summed E-state index contributed by atoms with van der Waals surface area (Å²) in [7, 11) is 0. The van der Waals surface area contributed by atoms with Gasteiger partial charge in [-0.15, -0.1) is 0 Å². The van der Waals surface area contributed by atoms with Gasteiger partial charge < -0.3 is 19.3 Å². The maximum absolute atomic E-state index is 15.3. The second-order valence-corrected chi connectivity index (χ2v) is 14.6. The number of alkyl halides is 12. The molecule has 1 N–H and O–H groups in total. The molecule has 0 saturated heterocycles. The van der Waals surface area contributed by atoms with Crippen LogP contribution in [0.2, 0.25) is 0 Å². The fourth-order valence-corrected chi connectivity index (χ4v) is 8.90. The van der Waals surface area contributed by atoms with Gasteiger partial charge in [-0.25, -0.2) is 9.59 Å². The zero-order valence-electron chi connectivity index (χ0n) is 27.9. The van der Waals surface area contributed by atoms with E-state index in [-0.39, 0.29) is 37.0 Å². The summed E-state index contributed by atoms with van der Waals surface area (Å²) in [4.78, 5) is 25.4. The molecule has 3 unspecified atom stereocenters. The van der Waals surface area contributed by atoms with Gasteiger partial charge >= 0.3 is 36.6 Å². The van der Waals surface area contributed by atoms with Crippen molar-refractivity contribution in [2.45, 2.75) is 121 Å². The highest BCUT2D eigenvalue weighted by Crippen LogP contribution is 2.66. The summed E-state index contributed by atoms with van der Waals surface area (Å²) >= 11 is 0. The van der Waals surface area contributed by atoms with Crippen LogP contribution in [0.15, 0.2) is 24.3 Å². The van der Waals surface area contributed by atoms with Crippen molar-refractivity contribution in [1.29, 1.82) is 0 Å². The van der Waals surface area contributed by atoms with Crippen molar-refractivity contribution in [2.24, 2.45) is 35.0 Å². The maximum Gasteiger partial charge on any atom is 0.430 e. The first-order valence-corrected chi connectivity index (χ1v) is 15.7. The van der Waals surface area contributed by atoms with Gasteiger partial charge in [0.15, 0.2) is 11.7 Å². The average molecular weight is 749 g/mol. The van der Waals surface area contributed by atoms with Crippen molar-refractivity contribution in [3.63, 3.8) is 0 Å². The van der Waals surface area contributed by atoms with Crippen LogP contribution in [0.4, 0.5) is 52.7 Å². The summed E-state index contributed by atoms with van der Waals surface area (Å²) in [5.41, 5.74) is -19.4. The van der Waals surface area contributed by atoms with Crippen LogP contribution in [0.25, 0.3) is 0 Å². The van der Waals surface area contributed by atoms with Crippen LogP contribution in [0, 0.1) is 35.0 Å². The Morgan fingerprint density at radius 3 is 1.40 bits per heavy atom. The lowest BCUT2D eigenvalue weighted by atomic mass is 9.46. The van der Waals surface area contributed by atoms with E-state index in [2.05, 4.69) is 22.6 Å². The average Bonchev–Trinajstić information content (AvgIpc) is 2.90. The highest BCUT2D eigenvalue weighted by atomic mass is 19.4. The minimum absolute atomic E-state index is 0.269. The predicted molar refractivity (Wildman–Crippen MR) is 151 cm³/mol.